The topological polar surface area (TPSA) is 90.9 Å². The van der Waals surface area contributed by atoms with Crippen LogP contribution in [0.2, 0.25) is 0 Å². The number of carbonyl (C=O) groups excluding carboxylic acids is 3. The zero-order chi connectivity index (χ0) is 23.2. The maximum Gasteiger partial charge on any atom is 0.262 e. The molecule has 0 aliphatic carbocycles. The predicted molar refractivity (Wildman–Crippen MR) is 127 cm³/mol. The van der Waals surface area contributed by atoms with E-state index < -0.39 is 5.25 Å². The third-order valence-corrected chi connectivity index (χ3v) is 6.71. The van der Waals surface area contributed by atoms with Crippen molar-refractivity contribution in [1.29, 1.82) is 0 Å². The molecule has 2 aliphatic heterocycles. The fourth-order valence-electron chi connectivity index (χ4n) is 3.73. The van der Waals surface area contributed by atoms with Gasteiger partial charge in [0.1, 0.15) is 11.1 Å². The van der Waals surface area contributed by atoms with Crippen LogP contribution in [0.15, 0.2) is 53.5 Å². The third-order valence-electron chi connectivity index (χ3n) is 5.50. The van der Waals surface area contributed by atoms with Crippen molar-refractivity contribution < 1.29 is 18.8 Å². The Morgan fingerprint density at radius 2 is 1.85 bits per heavy atom. The molecule has 172 valence electrons. The molecule has 1 fully saturated rings. The molecule has 7 nitrogen and oxygen atoms in total. The molecular formula is C24H25FN4O3S. The molecule has 4 rings (SSSR count). The summed E-state index contributed by atoms with van der Waals surface area (Å²) in [6, 6.07) is 12.5. The van der Waals surface area contributed by atoms with Gasteiger partial charge in [-0.15, -0.1) is 0 Å². The Bertz CT molecular complexity index is 1070. The van der Waals surface area contributed by atoms with Crippen LogP contribution < -0.4 is 10.6 Å². The zero-order valence-corrected chi connectivity index (χ0v) is 18.9. The number of nitrogens with one attached hydrogen (secondary N) is 2. The molecule has 2 N–H and O–H groups in total. The number of halogens is 1. The molecule has 2 aromatic carbocycles. The van der Waals surface area contributed by atoms with Gasteiger partial charge in [-0.2, -0.15) is 4.99 Å². The SMILES string of the molecule is O=C(CC1SC(N2CCCCC2)=NC1=O)Nc1cccc(C(=O)NCc2ccc(F)cc2)c1. The Kier molecular flexibility index (Phi) is 7.39. The lowest BCUT2D eigenvalue weighted by atomic mass is 10.1. The molecule has 1 unspecified atom stereocenters. The van der Waals surface area contributed by atoms with E-state index in [4.69, 9.17) is 0 Å². The molecule has 0 bridgehead atoms. The Hall–Kier alpha value is -3.20. The molecule has 0 radical (unpaired) electrons. The molecule has 0 aromatic heterocycles. The summed E-state index contributed by atoms with van der Waals surface area (Å²) in [5.41, 5.74) is 1.64. The van der Waals surface area contributed by atoms with Crippen molar-refractivity contribution in [2.45, 2.75) is 37.5 Å². The van der Waals surface area contributed by atoms with Crippen LogP contribution >= 0.6 is 11.8 Å². The minimum absolute atomic E-state index is 0.0192. The summed E-state index contributed by atoms with van der Waals surface area (Å²) >= 11 is 1.36. The number of piperidine rings is 1. The van der Waals surface area contributed by atoms with Gasteiger partial charge in [0, 0.05) is 37.3 Å². The number of carbonyl (C=O) groups is 3. The number of hydrogen-bond donors (Lipinski definition) is 2. The van der Waals surface area contributed by atoms with Gasteiger partial charge in [-0.25, -0.2) is 4.39 Å². The van der Waals surface area contributed by atoms with Gasteiger partial charge in [0.2, 0.25) is 5.91 Å². The van der Waals surface area contributed by atoms with Crippen LogP contribution in [0.3, 0.4) is 0 Å². The Balaban J connectivity index is 1.29. The maximum absolute atomic E-state index is 13.0. The molecule has 2 aliphatic rings. The monoisotopic (exact) mass is 468 g/mol. The highest BCUT2D eigenvalue weighted by Crippen LogP contribution is 2.29. The normalized spacial score (nSPS) is 18.1. The van der Waals surface area contributed by atoms with Crippen LogP contribution in [0, 0.1) is 5.82 Å². The molecule has 2 aromatic rings. The van der Waals surface area contributed by atoms with E-state index in [1.165, 1.54) is 30.3 Å². The van der Waals surface area contributed by atoms with Gasteiger partial charge in [0.25, 0.3) is 11.8 Å². The molecule has 0 saturated carbocycles. The lowest BCUT2D eigenvalue weighted by Gasteiger charge is -2.27. The second kappa shape index (κ2) is 10.6. The fourth-order valence-corrected chi connectivity index (χ4v) is 4.85. The molecule has 33 heavy (non-hydrogen) atoms. The van der Waals surface area contributed by atoms with Crippen molar-refractivity contribution in [3.8, 4) is 0 Å². The summed E-state index contributed by atoms with van der Waals surface area (Å²) in [4.78, 5) is 43.6. The van der Waals surface area contributed by atoms with Crippen molar-refractivity contribution in [2.24, 2.45) is 4.99 Å². The van der Waals surface area contributed by atoms with Crippen molar-refractivity contribution in [3.05, 3.63) is 65.5 Å². The van der Waals surface area contributed by atoms with Gasteiger partial charge in [0.05, 0.1) is 0 Å². The Morgan fingerprint density at radius 1 is 1.09 bits per heavy atom. The number of nitrogens with zero attached hydrogens (tertiary/aromatic N) is 2. The number of amidine groups is 1. The standard InChI is InChI=1S/C24H25FN4O3S/c25-18-9-7-16(8-10-18)15-26-22(31)17-5-4-6-19(13-17)27-21(30)14-20-23(32)28-24(33-20)29-11-2-1-3-12-29/h4-10,13,20H,1-3,11-12,14-15H2,(H,26,31)(H,27,30). The lowest BCUT2D eigenvalue weighted by Crippen LogP contribution is -2.33. The highest BCUT2D eigenvalue weighted by Gasteiger charge is 2.33. The number of likely N-dealkylation sites (tertiary alicyclic amines) is 1. The van der Waals surface area contributed by atoms with Crippen molar-refractivity contribution in [1.82, 2.24) is 10.2 Å². The second-order valence-corrected chi connectivity index (χ2v) is 9.20. The number of hydrogen-bond acceptors (Lipinski definition) is 5. The van der Waals surface area contributed by atoms with Gasteiger partial charge in [0.15, 0.2) is 5.17 Å². The molecule has 3 amide bonds. The first-order chi connectivity index (χ1) is 16.0. The summed E-state index contributed by atoms with van der Waals surface area (Å²) in [5.74, 6) is -1.22. The quantitative estimate of drug-likeness (QED) is 0.677. The van der Waals surface area contributed by atoms with E-state index in [2.05, 4.69) is 20.5 Å². The van der Waals surface area contributed by atoms with Gasteiger partial charge in [-0.05, 0) is 55.2 Å². The van der Waals surface area contributed by atoms with Gasteiger partial charge >= 0.3 is 0 Å². The van der Waals surface area contributed by atoms with Gasteiger partial charge in [-0.3, -0.25) is 14.4 Å². The predicted octanol–water partition coefficient (Wildman–Crippen LogP) is 3.57. The number of amides is 3. The Labute approximate surface area is 195 Å². The summed E-state index contributed by atoms with van der Waals surface area (Å²) < 4.78 is 13.0. The van der Waals surface area contributed by atoms with E-state index in [1.807, 2.05) is 0 Å². The average Bonchev–Trinajstić information content (AvgIpc) is 3.19. The van der Waals surface area contributed by atoms with E-state index >= 15 is 0 Å². The second-order valence-electron chi connectivity index (χ2n) is 8.03. The third kappa shape index (κ3) is 6.19. The van der Waals surface area contributed by atoms with Crippen LogP contribution in [-0.4, -0.2) is 46.1 Å². The largest absolute Gasteiger partial charge is 0.351 e. The molecular weight excluding hydrogens is 443 g/mol. The summed E-state index contributed by atoms with van der Waals surface area (Å²) in [5, 5.41) is 5.74. The summed E-state index contributed by atoms with van der Waals surface area (Å²) in [6.45, 7) is 2.05. The maximum atomic E-state index is 13.0. The highest BCUT2D eigenvalue weighted by atomic mass is 32.2. The molecule has 1 saturated heterocycles. The minimum atomic E-state index is -0.524. The van der Waals surface area contributed by atoms with Crippen LogP contribution in [0.25, 0.3) is 0 Å². The van der Waals surface area contributed by atoms with Crippen molar-refractivity contribution in [3.63, 3.8) is 0 Å². The van der Waals surface area contributed by atoms with Crippen molar-refractivity contribution in [2.75, 3.05) is 18.4 Å². The number of aliphatic imine (C=N–C) groups is 1. The van der Waals surface area contributed by atoms with Gasteiger partial charge < -0.3 is 15.5 Å². The highest BCUT2D eigenvalue weighted by molar-refractivity contribution is 8.15. The fraction of sp³-hybridized carbons (Fsp3) is 0.333. The van der Waals surface area contributed by atoms with E-state index in [-0.39, 0.29) is 36.5 Å². The first kappa shape index (κ1) is 23.0. The van der Waals surface area contributed by atoms with Crippen LogP contribution in [0.4, 0.5) is 10.1 Å². The van der Waals surface area contributed by atoms with Crippen LogP contribution in [0.1, 0.15) is 41.6 Å². The molecule has 9 heteroatoms. The summed E-state index contributed by atoms with van der Waals surface area (Å²) in [7, 11) is 0. The number of rotatable bonds is 6. The number of thioether (sulfide) groups is 1. The number of anilines is 1. The molecule has 1 atom stereocenters. The number of benzene rings is 2. The first-order valence-electron chi connectivity index (χ1n) is 10.9. The van der Waals surface area contributed by atoms with Crippen LogP contribution in [0.5, 0.6) is 0 Å². The first-order valence-corrected chi connectivity index (χ1v) is 11.8. The van der Waals surface area contributed by atoms with Crippen molar-refractivity contribution >= 4 is 40.3 Å². The van der Waals surface area contributed by atoms with E-state index in [9.17, 15) is 18.8 Å². The molecule has 0 spiro atoms. The van der Waals surface area contributed by atoms with E-state index in [0.29, 0.717) is 11.3 Å². The smallest absolute Gasteiger partial charge is 0.262 e. The van der Waals surface area contributed by atoms with E-state index in [0.717, 1.165) is 36.7 Å². The lowest BCUT2D eigenvalue weighted by molar-refractivity contribution is -0.121. The minimum Gasteiger partial charge on any atom is -0.351 e. The zero-order valence-electron chi connectivity index (χ0n) is 18.1. The average molecular weight is 469 g/mol. The summed E-state index contributed by atoms with van der Waals surface area (Å²) in [6.07, 6.45) is 3.39. The van der Waals surface area contributed by atoms with Gasteiger partial charge in [-0.1, -0.05) is 30.0 Å². The Morgan fingerprint density at radius 3 is 2.61 bits per heavy atom. The van der Waals surface area contributed by atoms with Crippen LogP contribution in [-0.2, 0) is 16.1 Å². The molecule has 2 heterocycles. The van der Waals surface area contributed by atoms with E-state index in [1.54, 1.807) is 36.4 Å².